The molecule has 0 aromatic heterocycles. The maximum Gasteiger partial charge on any atom is 0.321 e. The number of methoxy groups -OCH3 is 1. The van der Waals surface area contributed by atoms with Crippen molar-refractivity contribution in [3.8, 4) is 5.75 Å². The van der Waals surface area contributed by atoms with Crippen LogP contribution in [-0.2, 0) is 4.79 Å². The molecule has 0 radical (unpaired) electrons. The van der Waals surface area contributed by atoms with Crippen LogP contribution in [0.2, 0.25) is 0 Å². The monoisotopic (exact) mass is 374 g/mol. The lowest BCUT2D eigenvalue weighted by Crippen LogP contribution is -2.45. The minimum absolute atomic E-state index is 0.00889. The molecule has 0 atom stereocenters. The standard InChI is InChI=1S/C19H26N4O4/c1-27-16-5-4-14(12-15(16)17(20)24)21-19(26)23-10-6-13(7-11-23)18(25)22-8-2-3-9-22/h4-5,12-13H,2-3,6-11H2,1H3,(H2,20,24)(H,21,26). The fourth-order valence-electron chi connectivity index (χ4n) is 3.71. The Labute approximate surface area is 158 Å². The summed E-state index contributed by atoms with van der Waals surface area (Å²) in [6.07, 6.45) is 3.53. The number of ether oxygens (including phenoxy) is 1. The third-order valence-electron chi connectivity index (χ3n) is 5.27. The number of piperidine rings is 1. The van der Waals surface area contributed by atoms with Crippen LogP contribution < -0.4 is 15.8 Å². The maximum absolute atomic E-state index is 12.5. The molecule has 4 amide bonds. The summed E-state index contributed by atoms with van der Waals surface area (Å²) in [6.45, 7) is 2.79. The summed E-state index contributed by atoms with van der Waals surface area (Å²) in [5, 5.41) is 2.79. The molecule has 3 rings (SSSR count). The van der Waals surface area contributed by atoms with E-state index < -0.39 is 5.91 Å². The van der Waals surface area contributed by atoms with Gasteiger partial charge in [-0.05, 0) is 43.9 Å². The van der Waals surface area contributed by atoms with Gasteiger partial charge in [-0.3, -0.25) is 9.59 Å². The van der Waals surface area contributed by atoms with E-state index in [4.69, 9.17) is 10.5 Å². The third kappa shape index (κ3) is 4.32. The Balaban J connectivity index is 1.56. The number of nitrogens with one attached hydrogen (secondary N) is 1. The summed E-state index contributed by atoms with van der Waals surface area (Å²) in [5.74, 6) is -0.0191. The quantitative estimate of drug-likeness (QED) is 0.836. The van der Waals surface area contributed by atoms with Crippen molar-refractivity contribution >= 4 is 23.5 Å². The van der Waals surface area contributed by atoms with Crippen molar-refractivity contribution in [2.75, 3.05) is 38.6 Å². The van der Waals surface area contributed by atoms with Gasteiger partial charge in [0.15, 0.2) is 0 Å². The summed E-state index contributed by atoms with van der Waals surface area (Å²) < 4.78 is 5.10. The van der Waals surface area contributed by atoms with Gasteiger partial charge in [0.05, 0.1) is 12.7 Å². The first-order valence-electron chi connectivity index (χ1n) is 9.32. The molecule has 27 heavy (non-hydrogen) atoms. The molecule has 8 nitrogen and oxygen atoms in total. The first kappa shape index (κ1) is 19.0. The first-order chi connectivity index (χ1) is 13.0. The Morgan fingerprint density at radius 1 is 1.07 bits per heavy atom. The molecule has 1 aromatic carbocycles. The highest BCUT2D eigenvalue weighted by Gasteiger charge is 2.31. The second-order valence-corrected chi connectivity index (χ2v) is 7.00. The van der Waals surface area contributed by atoms with E-state index in [1.54, 1.807) is 17.0 Å². The van der Waals surface area contributed by atoms with Crippen LogP contribution in [0.1, 0.15) is 36.0 Å². The van der Waals surface area contributed by atoms with E-state index >= 15 is 0 Å². The van der Waals surface area contributed by atoms with Gasteiger partial charge in [0.1, 0.15) is 5.75 Å². The van der Waals surface area contributed by atoms with Crippen molar-refractivity contribution in [3.63, 3.8) is 0 Å². The lowest BCUT2D eigenvalue weighted by Gasteiger charge is -2.33. The normalized spacial score (nSPS) is 17.7. The molecule has 0 aliphatic carbocycles. The van der Waals surface area contributed by atoms with E-state index in [2.05, 4.69) is 5.32 Å². The summed E-state index contributed by atoms with van der Waals surface area (Å²) in [5.41, 5.74) is 6.04. The van der Waals surface area contributed by atoms with Gasteiger partial charge in [-0.15, -0.1) is 0 Å². The molecule has 2 aliphatic heterocycles. The van der Waals surface area contributed by atoms with E-state index in [0.29, 0.717) is 37.4 Å². The van der Waals surface area contributed by atoms with Gasteiger partial charge in [0, 0.05) is 37.8 Å². The molecular formula is C19H26N4O4. The molecule has 3 N–H and O–H groups in total. The summed E-state index contributed by atoms with van der Waals surface area (Å²) in [4.78, 5) is 40.1. The van der Waals surface area contributed by atoms with Crippen LogP contribution in [0.3, 0.4) is 0 Å². The van der Waals surface area contributed by atoms with Crippen molar-refractivity contribution in [2.45, 2.75) is 25.7 Å². The molecule has 2 saturated heterocycles. The summed E-state index contributed by atoms with van der Waals surface area (Å²) in [6, 6.07) is 4.51. The number of urea groups is 1. The number of nitrogens with two attached hydrogens (primary N) is 1. The van der Waals surface area contributed by atoms with Crippen molar-refractivity contribution < 1.29 is 19.1 Å². The average Bonchev–Trinajstić information content (AvgIpc) is 3.22. The Morgan fingerprint density at radius 2 is 1.74 bits per heavy atom. The number of amides is 4. The van der Waals surface area contributed by atoms with Crippen LogP contribution in [0.15, 0.2) is 18.2 Å². The molecule has 2 aliphatic rings. The molecule has 2 heterocycles. The Morgan fingerprint density at radius 3 is 2.33 bits per heavy atom. The zero-order chi connectivity index (χ0) is 19.4. The van der Waals surface area contributed by atoms with Crippen molar-refractivity contribution in [1.82, 2.24) is 9.80 Å². The molecule has 146 valence electrons. The smallest absolute Gasteiger partial charge is 0.321 e. The molecule has 1 aromatic rings. The van der Waals surface area contributed by atoms with Crippen LogP contribution in [0.25, 0.3) is 0 Å². The second-order valence-electron chi connectivity index (χ2n) is 7.00. The van der Waals surface area contributed by atoms with Gasteiger partial charge in [-0.25, -0.2) is 4.79 Å². The third-order valence-corrected chi connectivity index (χ3v) is 5.27. The minimum atomic E-state index is -0.621. The second kappa shape index (κ2) is 8.28. The lowest BCUT2D eigenvalue weighted by atomic mass is 9.95. The Kier molecular flexibility index (Phi) is 5.83. The number of anilines is 1. The van der Waals surface area contributed by atoms with Gasteiger partial charge in [0.2, 0.25) is 5.91 Å². The van der Waals surface area contributed by atoms with Gasteiger partial charge >= 0.3 is 6.03 Å². The predicted octanol–water partition coefficient (Wildman–Crippen LogP) is 1.66. The zero-order valence-corrected chi connectivity index (χ0v) is 15.6. The van der Waals surface area contributed by atoms with Crippen LogP contribution in [0.4, 0.5) is 10.5 Å². The molecule has 0 bridgehead atoms. The number of hydrogen-bond donors (Lipinski definition) is 2. The van der Waals surface area contributed by atoms with Crippen molar-refractivity contribution in [1.29, 1.82) is 0 Å². The number of rotatable bonds is 4. The van der Waals surface area contributed by atoms with Crippen LogP contribution >= 0.6 is 0 Å². The predicted molar refractivity (Wildman–Crippen MR) is 101 cm³/mol. The van der Waals surface area contributed by atoms with E-state index in [-0.39, 0.29) is 23.4 Å². The molecule has 0 spiro atoms. The topological polar surface area (TPSA) is 105 Å². The Bertz CT molecular complexity index is 722. The van der Waals surface area contributed by atoms with Crippen LogP contribution in [0.5, 0.6) is 5.75 Å². The molecule has 8 heteroatoms. The highest BCUT2D eigenvalue weighted by molar-refractivity contribution is 5.98. The molecule has 0 unspecified atom stereocenters. The van der Waals surface area contributed by atoms with E-state index in [9.17, 15) is 14.4 Å². The van der Waals surface area contributed by atoms with Crippen molar-refractivity contribution in [2.24, 2.45) is 11.7 Å². The highest BCUT2D eigenvalue weighted by atomic mass is 16.5. The SMILES string of the molecule is COc1ccc(NC(=O)N2CCC(C(=O)N3CCCC3)CC2)cc1C(N)=O. The summed E-state index contributed by atoms with van der Waals surface area (Å²) >= 11 is 0. The van der Waals surface area contributed by atoms with E-state index in [1.807, 2.05) is 4.90 Å². The average molecular weight is 374 g/mol. The minimum Gasteiger partial charge on any atom is -0.496 e. The highest BCUT2D eigenvalue weighted by Crippen LogP contribution is 2.24. The number of hydrogen-bond acceptors (Lipinski definition) is 4. The number of primary amides is 1. The fourth-order valence-corrected chi connectivity index (χ4v) is 3.71. The number of nitrogens with zero attached hydrogens (tertiary/aromatic N) is 2. The van der Waals surface area contributed by atoms with Crippen LogP contribution in [0, 0.1) is 5.92 Å². The Hall–Kier alpha value is -2.77. The maximum atomic E-state index is 12.5. The first-order valence-corrected chi connectivity index (χ1v) is 9.32. The zero-order valence-electron chi connectivity index (χ0n) is 15.6. The van der Waals surface area contributed by atoms with E-state index in [0.717, 1.165) is 25.9 Å². The molecule has 0 saturated carbocycles. The fraction of sp³-hybridized carbons (Fsp3) is 0.526. The molecule has 2 fully saturated rings. The number of benzene rings is 1. The lowest BCUT2D eigenvalue weighted by molar-refractivity contribution is -0.135. The molecular weight excluding hydrogens is 348 g/mol. The van der Waals surface area contributed by atoms with Crippen molar-refractivity contribution in [3.05, 3.63) is 23.8 Å². The van der Waals surface area contributed by atoms with Gasteiger partial charge in [-0.1, -0.05) is 0 Å². The van der Waals surface area contributed by atoms with Crippen LogP contribution in [-0.4, -0.2) is 60.9 Å². The number of likely N-dealkylation sites (tertiary alicyclic amines) is 2. The van der Waals surface area contributed by atoms with Gasteiger partial charge in [-0.2, -0.15) is 0 Å². The van der Waals surface area contributed by atoms with E-state index in [1.165, 1.54) is 13.2 Å². The van der Waals surface area contributed by atoms with Gasteiger partial charge < -0.3 is 25.6 Å². The number of carbonyl (C=O) groups excluding carboxylic acids is 3. The largest absolute Gasteiger partial charge is 0.496 e. The summed E-state index contributed by atoms with van der Waals surface area (Å²) in [7, 11) is 1.45. The number of carbonyl (C=O) groups is 3. The van der Waals surface area contributed by atoms with Gasteiger partial charge in [0.25, 0.3) is 5.91 Å².